The lowest BCUT2D eigenvalue weighted by molar-refractivity contribution is -0.0318. The predicted octanol–water partition coefficient (Wildman–Crippen LogP) is 3.79. The van der Waals surface area contributed by atoms with E-state index in [1.54, 1.807) is 0 Å². The van der Waals surface area contributed by atoms with E-state index in [1.165, 1.54) is 50.3 Å². The number of thiazole rings is 1. The molecule has 21 heavy (non-hydrogen) atoms. The number of aromatic nitrogens is 1. The molecule has 0 amide bonds. The van der Waals surface area contributed by atoms with Crippen LogP contribution in [0, 0.1) is 5.92 Å². The molecule has 0 saturated carbocycles. The molecule has 1 aromatic heterocycles. The predicted molar refractivity (Wildman–Crippen MR) is 89.7 cm³/mol. The van der Waals surface area contributed by atoms with Gasteiger partial charge in [-0.3, -0.25) is 9.80 Å². The van der Waals surface area contributed by atoms with Gasteiger partial charge in [0.2, 0.25) is 0 Å². The number of piperidine rings is 1. The molecule has 3 rings (SSSR count). The summed E-state index contributed by atoms with van der Waals surface area (Å²) in [6.07, 6.45) is 7.32. The summed E-state index contributed by atoms with van der Waals surface area (Å²) in [7, 11) is 0. The van der Waals surface area contributed by atoms with Crippen molar-refractivity contribution in [2.75, 3.05) is 19.6 Å². The Morgan fingerprint density at radius 3 is 2.86 bits per heavy atom. The van der Waals surface area contributed by atoms with Gasteiger partial charge in [-0.05, 0) is 31.7 Å². The van der Waals surface area contributed by atoms with Gasteiger partial charge in [-0.25, -0.2) is 4.98 Å². The Labute approximate surface area is 133 Å². The lowest BCUT2D eigenvalue weighted by Gasteiger charge is -2.51. The first-order chi connectivity index (χ1) is 10.2. The van der Waals surface area contributed by atoms with Gasteiger partial charge in [0.15, 0.2) is 0 Å². The Morgan fingerprint density at radius 2 is 2.19 bits per heavy atom. The molecular weight excluding hydrogens is 278 g/mol. The van der Waals surface area contributed by atoms with Crippen molar-refractivity contribution in [2.45, 2.75) is 64.6 Å². The number of nitrogens with zero attached hydrogens (tertiary/aromatic N) is 3. The van der Waals surface area contributed by atoms with Gasteiger partial charge in [0.25, 0.3) is 0 Å². The lowest BCUT2D eigenvalue weighted by atomic mass is 9.90. The van der Waals surface area contributed by atoms with Crippen LogP contribution in [0.25, 0.3) is 0 Å². The smallest absolute Gasteiger partial charge is 0.110 e. The van der Waals surface area contributed by atoms with Crippen LogP contribution in [-0.4, -0.2) is 46.5 Å². The van der Waals surface area contributed by atoms with Gasteiger partial charge in [-0.1, -0.05) is 27.2 Å². The third kappa shape index (κ3) is 3.17. The number of fused-ring (bicyclic) bond motifs is 1. The first-order valence-corrected chi connectivity index (χ1v) is 9.47. The van der Waals surface area contributed by atoms with E-state index in [0.29, 0.717) is 18.0 Å². The van der Waals surface area contributed by atoms with E-state index in [9.17, 15) is 0 Å². The maximum absolute atomic E-state index is 4.62. The lowest BCUT2D eigenvalue weighted by Crippen LogP contribution is -2.61. The second-order valence-corrected chi connectivity index (χ2v) is 7.87. The SMILES string of the molecule is CCC(c1nccs1)N1CC2CCCCN2CC1C(C)C. The Morgan fingerprint density at radius 1 is 1.33 bits per heavy atom. The van der Waals surface area contributed by atoms with E-state index in [0.717, 1.165) is 6.04 Å². The fourth-order valence-electron chi connectivity index (χ4n) is 4.13. The standard InChI is InChI=1S/C17H29N3S/c1-4-15(17-18-8-10-21-17)20-11-14-7-5-6-9-19(14)12-16(20)13(2)3/h8,10,13-16H,4-7,9,11-12H2,1-3H3. The Hall–Kier alpha value is -0.450. The molecule has 3 atom stereocenters. The van der Waals surface area contributed by atoms with Gasteiger partial charge in [0.1, 0.15) is 5.01 Å². The fraction of sp³-hybridized carbons (Fsp3) is 0.824. The summed E-state index contributed by atoms with van der Waals surface area (Å²) < 4.78 is 0. The van der Waals surface area contributed by atoms with Crippen LogP contribution in [0.5, 0.6) is 0 Å². The number of hydrogen-bond acceptors (Lipinski definition) is 4. The van der Waals surface area contributed by atoms with Crippen molar-refractivity contribution >= 4 is 11.3 Å². The normalized spacial score (nSPS) is 29.5. The summed E-state index contributed by atoms with van der Waals surface area (Å²) in [6, 6.07) is 1.97. The zero-order chi connectivity index (χ0) is 14.8. The summed E-state index contributed by atoms with van der Waals surface area (Å²) in [5.41, 5.74) is 0. The minimum atomic E-state index is 0.515. The van der Waals surface area contributed by atoms with Crippen LogP contribution in [0.15, 0.2) is 11.6 Å². The monoisotopic (exact) mass is 307 g/mol. The van der Waals surface area contributed by atoms with Crippen LogP contribution in [0.1, 0.15) is 57.5 Å². The van der Waals surface area contributed by atoms with Crippen molar-refractivity contribution in [1.82, 2.24) is 14.8 Å². The third-order valence-electron chi connectivity index (χ3n) is 5.31. The molecule has 0 bridgehead atoms. The van der Waals surface area contributed by atoms with E-state index >= 15 is 0 Å². The minimum Gasteiger partial charge on any atom is -0.298 e. The molecule has 0 radical (unpaired) electrons. The van der Waals surface area contributed by atoms with Gasteiger partial charge in [0.05, 0.1) is 6.04 Å². The zero-order valence-corrected chi connectivity index (χ0v) is 14.5. The molecule has 3 heterocycles. The average molecular weight is 308 g/mol. The minimum absolute atomic E-state index is 0.515. The third-order valence-corrected chi connectivity index (χ3v) is 6.19. The van der Waals surface area contributed by atoms with Crippen molar-refractivity contribution in [2.24, 2.45) is 5.92 Å². The molecule has 3 unspecified atom stereocenters. The highest BCUT2D eigenvalue weighted by molar-refractivity contribution is 7.09. The largest absolute Gasteiger partial charge is 0.298 e. The first-order valence-electron chi connectivity index (χ1n) is 8.60. The van der Waals surface area contributed by atoms with Gasteiger partial charge in [-0.2, -0.15) is 0 Å². The number of hydrogen-bond donors (Lipinski definition) is 0. The fourth-order valence-corrected chi connectivity index (χ4v) is 4.98. The number of piperazine rings is 1. The molecular formula is C17H29N3S. The highest BCUT2D eigenvalue weighted by Gasteiger charge is 2.39. The highest BCUT2D eigenvalue weighted by Crippen LogP contribution is 2.35. The Balaban J connectivity index is 1.82. The Kier molecular flexibility index (Phi) is 4.97. The van der Waals surface area contributed by atoms with Crippen molar-refractivity contribution in [3.63, 3.8) is 0 Å². The second kappa shape index (κ2) is 6.76. The molecule has 0 aliphatic carbocycles. The van der Waals surface area contributed by atoms with Crippen molar-refractivity contribution in [3.05, 3.63) is 16.6 Å². The molecule has 2 aliphatic rings. The average Bonchev–Trinajstić information content (AvgIpc) is 3.01. The highest BCUT2D eigenvalue weighted by atomic mass is 32.1. The molecule has 4 heteroatoms. The van der Waals surface area contributed by atoms with Crippen molar-refractivity contribution < 1.29 is 0 Å². The van der Waals surface area contributed by atoms with Crippen LogP contribution in [0.3, 0.4) is 0 Å². The first kappa shape index (κ1) is 15.4. The van der Waals surface area contributed by atoms with E-state index < -0.39 is 0 Å². The van der Waals surface area contributed by atoms with Crippen LogP contribution < -0.4 is 0 Å². The maximum Gasteiger partial charge on any atom is 0.110 e. The topological polar surface area (TPSA) is 19.4 Å². The molecule has 0 aromatic carbocycles. The van der Waals surface area contributed by atoms with Crippen LogP contribution in [0.4, 0.5) is 0 Å². The molecule has 0 spiro atoms. The number of rotatable bonds is 4. The van der Waals surface area contributed by atoms with Gasteiger partial charge in [0, 0.05) is 36.8 Å². The quantitative estimate of drug-likeness (QED) is 0.843. The van der Waals surface area contributed by atoms with E-state index in [4.69, 9.17) is 0 Å². The van der Waals surface area contributed by atoms with E-state index in [1.807, 2.05) is 17.5 Å². The summed E-state index contributed by atoms with van der Waals surface area (Å²) in [5, 5.41) is 3.44. The van der Waals surface area contributed by atoms with E-state index in [2.05, 4.69) is 40.9 Å². The van der Waals surface area contributed by atoms with Crippen LogP contribution in [0.2, 0.25) is 0 Å². The molecule has 118 valence electrons. The Bertz CT molecular complexity index is 431. The molecule has 2 fully saturated rings. The van der Waals surface area contributed by atoms with Gasteiger partial charge in [-0.15, -0.1) is 11.3 Å². The molecule has 2 aliphatic heterocycles. The summed E-state index contributed by atoms with van der Waals surface area (Å²) in [4.78, 5) is 10.2. The molecule has 0 N–H and O–H groups in total. The van der Waals surface area contributed by atoms with Crippen LogP contribution >= 0.6 is 11.3 Å². The maximum atomic E-state index is 4.62. The van der Waals surface area contributed by atoms with Gasteiger partial charge >= 0.3 is 0 Å². The zero-order valence-electron chi connectivity index (χ0n) is 13.7. The van der Waals surface area contributed by atoms with Crippen LogP contribution in [-0.2, 0) is 0 Å². The summed E-state index contributed by atoms with van der Waals surface area (Å²) in [6.45, 7) is 10.9. The van der Waals surface area contributed by atoms with E-state index in [-0.39, 0.29) is 0 Å². The summed E-state index contributed by atoms with van der Waals surface area (Å²) in [5.74, 6) is 0.710. The molecule has 2 saturated heterocycles. The van der Waals surface area contributed by atoms with Crippen molar-refractivity contribution in [1.29, 1.82) is 0 Å². The van der Waals surface area contributed by atoms with Gasteiger partial charge < -0.3 is 0 Å². The molecule has 1 aromatic rings. The summed E-state index contributed by atoms with van der Waals surface area (Å²) >= 11 is 1.83. The van der Waals surface area contributed by atoms with Crippen molar-refractivity contribution in [3.8, 4) is 0 Å². The molecule has 3 nitrogen and oxygen atoms in total. The second-order valence-electron chi connectivity index (χ2n) is 6.95.